The number of rotatable bonds is 5. The van der Waals surface area contributed by atoms with Crippen LogP contribution in [0.25, 0.3) is 0 Å². The first kappa shape index (κ1) is 16.6. The molecule has 0 fully saturated rings. The van der Waals surface area contributed by atoms with Crippen LogP contribution in [0.5, 0.6) is 0 Å². The second-order valence-corrected chi connectivity index (χ2v) is 5.62. The van der Waals surface area contributed by atoms with E-state index in [0.29, 0.717) is 5.69 Å². The highest BCUT2D eigenvalue weighted by Gasteiger charge is 2.15. The van der Waals surface area contributed by atoms with Crippen molar-refractivity contribution in [3.63, 3.8) is 0 Å². The summed E-state index contributed by atoms with van der Waals surface area (Å²) < 4.78 is 25.2. The Hall–Kier alpha value is -2.49. The molecule has 1 rings (SSSR count). The van der Waals surface area contributed by atoms with Gasteiger partial charge < -0.3 is 10.1 Å². The molecule has 10 heteroatoms. The van der Waals surface area contributed by atoms with Crippen LogP contribution in [0.15, 0.2) is 34.3 Å². The van der Waals surface area contributed by atoms with E-state index in [0.717, 1.165) is 6.92 Å². The van der Waals surface area contributed by atoms with Gasteiger partial charge in [0, 0.05) is 6.92 Å². The SMILES string of the molecule is CC/C(=N\Nc1ccc(S(=O)(=O)NC(C)=O)cc1)[N+](=O)[O-]. The van der Waals surface area contributed by atoms with E-state index in [2.05, 4.69) is 10.5 Å². The minimum Gasteiger partial charge on any atom is -0.358 e. The van der Waals surface area contributed by atoms with E-state index >= 15 is 0 Å². The van der Waals surface area contributed by atoms with Crippen molar-refractivity contribution in [3.8, 4) is 0 Å². The quantitative estimate of drug-likeness (QED) is 0.359. The third-order valence-corrected chi connectivity index (χ3v) is 3.73. The first-order valence-electron chi connectivity index (χ1n) is 5.86. The fourth-order valence-corrected chi connectivity index (χ4v) is 2.33. The average Bonchev–Trinajstić information content (AvgIpc) is 2.38. The number of amidine groups is 1. The maximum atomic E-state index is 11.7. The summed E-state index contributed by atoms with van der Waals surface area (Å²) in [6.45, 7) is 2.68. The number of carbonyl (C=O) groups is 1. The molecule has 0 aliphatic heterocycles. The molecule has 1 amide bonds. The molecule has 0 radical (unpaired) electrons. The molecule has 0 unspecified atom stereocenters. The van der Waals surface area contributed by atoms with Gasteiger partial charge in [0.05, 0.1) is 22.1 Å². The van der Waals surface area contributed by atoms with Gasteiger partial charge in [-0.05, 0) is 29.2 Å². The van der Waals surface area contributed by atoms with Gasteiger partial charge in [-0.1, -0.05) is 6.92 Å². The van der Waals surface area contributed by atoms with Gasteiger partial charge in [0.2, 0.25) is 5.91 Å². The minimum absolute atomic E-state index is 0.0998. The summed E-state index contributed by atoms with van der Waals surface area (Å²) >= 11 is 0. The van der Waals surface area contributed by atoms with Crippen LogP contribution in [-0.4, -0.2) is 25.1 Å². The molecule has 9 nitrogen and oxygen atoms in total. The number of benzene rings is 1. The first-order chi connectivity index (χ1) is 9.76. The molecular weight excluding hydrogens is 300 g/mol. The number of nitro groups is 1. The highest BCUT2D eigenvalue weighted by Crippen LogP contribution is 2.14. The van der Waals surface area contributed by atoms with Crippen molar-refractivity contribution in [3.05, 3.63) is 34.4 Å². The Morgan fingerprint density at radius 1 is 1.33 bits per heavy atom. The molecule has 0 aromatic heterocycles. The van der Waals surface area contributed by atoms with Crippen LogP contribution in [0, 0.1) is 10.1 Å². The van der Waals surface area contributed by atoms with E-state index in [1.807, 2.05) is 4.72 Å². The topological polar surface area (TPSA) is 131 Å². The number of nitrogens with zero attached hydrogens (tertiary/aromatic N) is 2. The summed E-state index contributed by atoms with van der Waals surface area (Å²) in [6, 6.07) is 5.26. The number of hydrogen-bond acceptors (Lipinski definition) is 7. The third-order valence-electron chi connectivity index (χ3n) is 2.28. The van der Waals surface area contributed by atoms with Gasteiger partial charge in [-0.25, -0.2) is 13.1 Å². The fraction of sp³-hybridized carbons (Fsp3) is 0.273. The zero-order chi connectivity index (χ0) is 16.0. The molecule has 0 aliphatic rings. The summed E-state index contributed by atoms with van der Waals surface area (Å²) in [7, 11) is -3.90. The van der Waals surface area contributed by atoms with Crippen LogP contribution in [0.2, 0.25) is 0 Å². The van der Waals surface area contributed by atoms with Crippen LogP contribution in [0.4, 0.5) is 5.69 Å². The van der Waals surface area contributed by atoms with E-state index in [9.17, 15) is 23.3 Å². The highest BCUT2D eigenvalue weighted by molar-refractivity contribution is 7.90. The van der Waals surface area contributed by atoms with Gasteiger partial charge in [-0.2, -0.15) is 5.43 Å². The lowest BCUT2D eigenvalue weighted by Gasteiger charge is -2.04. The van der Waals surface area contributed by atoms with Crippen LogP contribution < -0.4 is 10.1 Å². The number of carbonyl (C=O) groups excluding carboxylic acids is 1. The zero-order valence-electron chi connectivity index (χ0n) is 11.4. The van der Waals surface area contributed by atoms with Crippen molar-refractivity contribution >= 4 is 27.5 Å². The van der Waals surface area contributed by atoms with Crippen LogP contribution in [0.1, 0.15) is 20.3 Å². The number of anilines is 1. The lowest BCUT2D eigenvalue weighted by Crippen LogP contribution is -2.28. The van der Waals surface area contributed by atoms with Crippen molar-refractivity contribution in [1.82, 2.24) is 4.72 Å². The summed E-state index contributed by atoms with van der Waals surface area (Å²) in [5, 5.41) is 14.2. The molecule has 0 heterocycles. The number of sulfonamides is 1. The minimum atomic E-state index is -3.90. The molecule has 1 aromatic rings. The smallest absolute Gasteiger partial charge is 0.358 e. The van der Waals surface area contributed by atoms with Crippen molar-refractivity contribution in [2.75, 3.05) is 5.43 Å². The van der Waals surface area contributed by atoms with Crippen molar-refractivity contribution < 1.29 is 18.1 Å². The van der Waals surface area contributed by atoms with Crippen molar-refractivity contribution in [1.29, 1.82) is 0 Å². The highest BCUT2D eigenvalue weighted by atomic mass is 32.2. The summed E-state index contributed by atoms with van der Waals surface area (Å²) in [5.41, 5.74) is 2.84. The molecule has 21 heavy (non-hydrogen) atoms. The number of hydrogen-bond donors (Lipinski definition) is 2. The predicted octanol–water partition coefficient (Wildman–Crippen LogP) is 0.924. The lowest BCUT2D eigenvalue weighted by molar-refractivity contribution is -0.353. The lowest BCUT2D eigenvalue weighted by atomic mass is 10.3. The normalized spacial score (nSPS) is 11.8. The fourth-order valence-electron chi connectivity index (χ4n) is 1.33. The van der Waals surface area contributed by atoms with Gasteiger partial charge >= 0.3 is 5.84 Å². The Labute approximate surface area is 121 Å². The number of nitrogens with one attached hydrogen (secondary N) is 2. The number of amides is 1. The number of hydrazone groups is 1. The van der Waals surface area contributed by atoms with E-state index in [1.54, 1.807) is 6.92 Å². The molecule has 0 bridgehead atoms. The van der Waals surface area contributed by atoms with E-state index in [4.69, 9.17) is 0 Å². The molecule has 114 valence electrons. The van der Waals surface area contributed by atoms with Gasteiger partial charge in [0.1, 0.15) is 0 Å². The molecule has 0 aliphatic carbocycles. The Kier molecular flexibility index (Phi) is 5.36. The summed E-state index contributed by atoms with van der Waals surface area (Å²) in [6.07, 6.45) is 0.148. The van der Waals surface area contributed by atoms with E-state index in [-0.39, 0.29) is 17.2 Å². The van der Waals surface area contributed by atoms with Crippen LogP contribution in [0.3, 0.4) is 0 Å². The summed E-state index contributed by atoms with van der Waals surface area (Å²) in [4.78, 5) is 20.6. The van der Waals surface area contributed by atoms with E-state index < -0.39 is 20.9 Å². The zero-order valence-corrected chi connectivity index (χ0v) is 12.2. The second kappa shape index (κ2) is 6.79. The molecule has 0 spiro atoms. The molecule has 0 atom stereocenters. The van der Waals surface area contributed by atoms with Crippen molar-refractivity contribution in [2.45, 2.75) is 25.2 Å². The van der Waals surface area contributed by atoms with Crippen LogP contribution >= 0.6 is 0 Å². The maximum Gasteiger partial charge on any atom is 0.363 e. The Morgan fingerprint density at radius 3 is 2.33 bits per heavy atom. The monoisotopic (exact) mass is 314 g/mol. The third kappa shape index (κ3) is 4.84. The van der Waals surface area contributed by atoms with Gasteiger partial charge in [0.25, 0.3) is 10.0 Å². The van der Waals surface area contributed by atoms with Crippen LogP contribution in [-0.2, 0) is 14.8 Å². The Balaban J connectivity index is 2.89. The maximum absolute atomic E-state index is 11.7. The van der Waals surface area contributed by atoms with Gasteiger partial charge in [-0.15, -0.1) is 0 Å². The predicted molar refractivity (Wildman–Crippen MR) is 75.8 cm³/mol. The van der Waals surface area contributed by atoms with Crippen molar-refractivity contribution in [2.24, 2.45) is 5.10 Å². The van der Waals surface area contributed by atoms with Gasteiger partial charge in [-0.3, -0.25) is 4.79 Å². The standard InChI is InChI=1S/C11H14N4O5S/c1-3-11(15(17)18)13-12-9-4-6-10(7-5-9)21(19,20)14-8(2)16/h4-7,12H,3H2,1-2H3,(H,14,16)/b13-11+. The Bertz CT molecular complexity index is 666. The first-order valence-corrected chi connectivity index (χ1v) is 7.35. The summed E-state index contributed by atoms with van der Waals surface area (Å²) in [5.74, 6) is -0.940. The Morgan fingerprint density at radius 2 is 1.90 bits per heavy atom. The van der Waals surface area contributed by atoms with Gasteiger partial charge in [0.15, 0.2) is 0 Å². The average molecular weight is 314 g/mol. The molecule has 0 saturated carbocycles. The van der Waals surface area contributed by atoms with E-state index in [1.165, 1.54) is 24.3 Å². The molecule has 2 N–H and O–H groups in total. The largest absolute Gasteiger partial charge is 0.363 e. The molecular formula is C11H14N4O5S. The second-order valence-electron chi connectivity index (χ2n) is 3.94. The molecule has 1 aromatic carbocycles. The molecule has 0 saturated heterocycles.